The Hall–Kier alpha value is -1.43. The summed E-state index contributed by atoms with van der Waals surface area (Å²) < 4.78 is 1.79. The van der Waals surface area contributed by atoms with Crippen LogP contribution in [0.1, 0.15) is 49.6 Å². The quantitative estimate of drug-likeness (QED) is 0.860. The van der Waals surface area contributed by atoms with Crippen LogP contribution in [0.15, 0.2) is 6.20 Å². The fourth-order valence-electron chi connectivity index (χ4n) is 3.29. The van der Waals surface area contributed by atoms with Gasteiger partial charge in [-0.25, -0.2) is 4.68 Å². The molecular weight excluding hydrogens is 254 g/mol. The number of hydrogen-bond acceptors (Lipinski definition) is 4. The minimum Gasteiger partial charge on any atom is -0.348 e. The number of carbonyl (C=O) groups is 1. The van der Waals surface area contributed by atoms with Crippen LogP contribution in [0.25, 0.3) is 0 Å². The molecular formula is C14H23N5O. The molecule has 2 fully saturated rings. The maximum absolute atomic E-state index is 12.2. The van der Waals surface area contributed by atoms with E-state index in [1.54, 1.807) is 10.9 Å². The summed E-state index contributed by atoms with van der Waals surface area (Å²) >= 11 is 0. The van der Waals surface area contributed by atoms with Crippen molar-refractivity contribution >= 4 is 5.91 Å². The molecule has 1 aromatic rings. The van der Waals surface area contributed by atoms with Crippen molar-refractivity contribution in [3.8, 4) is 0 Å². The zero-order chi connectivity index (χ0) is 14.1. The zero-order valence-electron chi connectivity index (χ0n) is 12.2. The lowest BCUT2D eigenvalue weighted by atomic mass is 9.93. The summed E-state index contributed by atoms with van der Waals surface area (Å²) in [7, 11) is 0. The predicted molar refractivity (Wildman–Crippen MR) is 75.4 cm³/mol. The van der Waals surface area contributed by atoms with Gasteiger partial charge in [-0.05, 0) is 24.7 Å². The predicted octanol–water partition coefficient (Wildman–Crippen LogP) is 0.977. The minimum absolute atomic E-state index is 0.0860. The normalized spacial score (nSPS) is 30.2. The van der Waals surface area contributed by atoms with Gasteiger partial charge in [-0.3, -0.25) is 4.79 Å². The van der Waals surface area contributed by atoms with Gasteiger partial charge in [0.25, 0.3) is 5.91 Å². The van der Waals surface area contributed by atoms with Gasteiger partial charge in [-0.15, -0.1) is 5.10 Å². The van der Waals surface area contributed by atoms with Gasteiger partial charge in [0, 0.05) is 19.1 Å². The van der Waals surface area contributed by atoms with Crippen molar-refractivity contribution in [3.63, 3.8) is 0 Å². The van der Waals surface area contributed by atoms with E-state index in [2.05, 4.69) is 34.8 Å². The molecule has 20 heavy (non-hydrogen) atoms. The summed E-state index contributed by atoms with van der Waals surface area (Å²) in [5.41, 5.74) is 0.434. The number of carbonyl (C=O) groups excluding carboxylic acids is 1. The van der Waals surface area contributed by atoms with Gasteiger partial charge in [0.2, 0.25) is 0 Å². The van der Waals surface area contributed by atoms with E-state index in [4.69, 9.17) is 0 Å². The van der Waals surface area contributed by atoms with Crippen LogP contribution >= 0.6 is 0 Å². The van der Waals surface area contributed by atoms with Crippen molar-refractivity contribution < 1.29 is 4.79 Å². The first-order chi connectivity index (χ1) is 9.69. The Kier molecular flexibility index (Phi) is 3.74. The zero-order valence-corrected chi connectivity index (χ0v) is 12.2. The lowest BCUT2D eigenvalue weighted by Gasteiger charge is -2.26. The number of nitrogens with zero attached hydrogens (tertiary/aromatic N) is 3. The van der Waals surface area contributed by atoms with Gasteiger partial charge in [0.05, 0.1) is 12.2 Å². The fraction of sp³-hybridized carbons (Fsp3) is 0.786. The van der Waals surface area contributed by atoms with Crippen LogP contribution in [-0.4, -0.2) is 40.0 Å². The summed E-state index contributed by atoms with van der Waals surface area (Å²) in [6, 6.07) is 0.627. The number of aromatic nitrogens is 3. The molecule has 1 saturated heterocycles. The van der Waals surface area contributed by atoms with E-state index >= 15 is 0 Å². The fourth-order valence-corrected chi connectivity index (χ4v) is 3.29. The molecule has 1 amide bonds. The first-order valence-corrected chi connectivity index (χ1v) is 7.62. The summed E-state index contributed by atoms with van der Waals surface area (Å²) in [5, 5.41) is 14.4. The molecule has 0 spiro atoms. The van der Waals surface area contributed by atoms with Crippen molar-refractivity contribution in [1.82, 2.24) is 25.6 Å². The molecule has 1 aromatic heterocycles. The minimum atomic E-state index is -0.0860. The molecule has 6 heteroatoms. The van der Waals surface area contributed by atoms with E-state index in [1.807, 2.05) is 0 Å². The lowest BCUT2D eigenvalue weighted by molar-refractivity contribution is 0.0921. The molecule has 110 valence electrons. The van der Waals surface area contributed by atoms with Gasteiger partial charge >= 0.3 is 0 Å². The molecule has 1 saturated carbocycles. The molecule has 1 aliphatic heterocycles. The second-order valence-corrected chi connectivity index (χ2v) is 6.08. The Labute approximate surface area is 119 Å². The SMILES string of the molecule is CCC1CCC(NC(=O)c2cn(C3CNC3)nn2)C1C. The van der Waals surface area contributed by atoms with Crippen LogP contribution in [0, 0.1) is 11.8 Å². The molecule has 1 aliphatic carbocycles. The van der Waals surface area contributed by atoms with Gasteiger partial charge in [-0.1, -0.05) is 25.5 Å². The van der Waals surface area contributed by atoms with Crippen LogP contribution < -0.4 is 10.6 Å². The highest BCUT2D eigenvalue weighted by Gasteiger charge is 2.33. The van der Waals surface area contributed by atoms with E-state index < -0.39 is 0 Å². The van der Waals surface area contributed by atoms with Crippen molar-refractivity contribution in [2.75, 3.05) is 13.1 Å². The smallest absolute Gasteiger partial charge is 0.273 e. The Morgan fingerprint density at radius 3 is 2.90 bits per heavy atom. The highest BCUT2D eigenvalue weighted by molar-refractivity contribution is 5.92. The Morgan fingerprint density at radius 1 is 1.50 bits per heavy atom. The monoisotopic (exact) mass is 277 g/mol. The second-order valence-electron chi connectivity index (χ2n) is 6.08. The van der Waals surface area contributed by atoms with Crippen LogP contribution in [0.3, 0.4) is 0 Å². The van der Waals surface area contributed by atoms with Crippen molar-refractivity contribution in [2.45, 2.75) is 45.2 Å². The van der Waals surface area contributed by atoms with E-state index in [9.17, 15) is 4.79 Å². The maximum Gasteiger partial charge on any atom is 0.273 e. The molecule has 2 N–H and O–H groups in total. The Bertz CT molecular complexity index is 482. The van der Waals surface area contributed by atoms with Crippen LogP contribution in [0.2, 0.25) is 0 Å². The Morgan fingerprint density at radius 2 is 2.30 bits per heavy atom. The Balaban J connectivity index is 1.60. The highest BCUT2D eigenvalue weighted by atomic mass is 16.2. The molecule has 0 radical (unpaired) electrons. The number of hydrogen-bond donors (Lipinski definition) is 2. The van der Waals surface area contributed by atoms with Gasteiger partial charge in [0.1, 0.15) is 0 Å². The summed E-state index contributed by atoms with van der Waals surface area (Å²) in [5.74, 6) is 1.20. The van der Waals surface area contributed by atoms with E-state index in [1.165, 1.54) is 12.8 Å². The standard InChI is InChI=1S/C14H23N5O/c1-3-10-4-5-12(9(10)2)16-14(20)13-8-19(18-17-13)11-6-15-7-11/h8-12,15H,3-7H2,1-2H3,(H,16,20). The van der Waals surface area contributed by atoms with E-state index in [0.717, 1.165) is 25.4 Å². The summed E-state index contributed by atoms with van der Waals surface area (Å²) in [4.78, 5) is 12.2. The largest absolute Gasteiger partial charge is 0.348 e. The molecule has 2 aliphatic rings. The maximum atomic E-state index is 12.2. The van der Waals surface area contributed by atoms with Crippen LogP contribution in [0.5, 0.6) is 0 Å². The van der Waals surface area contributed by atoms with Crippen molar-refractivity contribution in [1.29, 1.82) is 0 Å². The highest BCUT2D eigenvalue weighted by Crippen LogP contribution is 2.33. The van der Waals surface area contributed by atoms with Crippen molar-refractivity contribution in [3.05, 3.63) is 11.9 Å². The summed E-state index contributed by atoms with van der Waals surface area (Å²) in [6.45, 7) is 6.27. The molecule has 6 nitrogen and oxygen atoms in total. The first kappa shape index (κ1) is 13.5. The molecule has 0 bridgehead atoms. The second kappa shape index (κ2) is 5.52. The molecule has 3 rings (SSSR count). The van der Waals surface area contributed by atoms with E-state index in [0.29, 0.717) is 17.7 Å². The van der Waals surface area contributed by atoms with Crippen molar-refractivity contribution in [2.24, 2.45) is 11.8 Å². The molecule has 2 heterocycles. The average molecular weight is 277 g/mol. The lowest BCUT2D eigenvalue weighted by Crippen LogP contribution is -2.43. The average Bonchev–Trinajstić information content (AvgIpc) is 2.96. The van der Waals surface area contributed by atoms with Gasteiger partial charge in [0.15, 0.2) is 5.69 Å². The molecule has 3 atom stereocenters. The number of rotatable bonds is 4. The topological polar surface area (TPSA) is 71.8 Å². The van der Waals surface area contributed by atoms with Gasteiger partial charge in [-0.2, -0.15) is 0 Å². The van der Waals surface area contributed by atoms with Crippen LogP contribution in [0.4, 0.5) is 0 Å². The molecule has 0 aromatic carbocycles. The number of amides is 1. The van der Waals surface area contributed by atoms with Gasteiger partial charge < -0.3 is 10.6 Å². The number of nitrogens with one attached hydrogen (secondary N) is 2. The third kappa shape index (κ3) is 2.44. The molecule has 3 unspecified atom stereocenters. The third-order valence-electron chi connectivity index (χ3n) is 4.94. The van der Waals surface area contributed by atoms with Crippen LogP contribution in [-0.2, 0) is 0 Å². The first-order valence-electron chi connectivity index (χ1n) is 7.62. The third-order valence-corrected chi connectivity index (χ3v) is 4.94. The van der Waals surface area contributed by atoms with E-state index in [-0.39, 0.29) is 11.9 Å². The summed E-state index contributed by atoms with van der Waals surface area (Å²) in [6.07, 6.45) is 5.24.